The van der Waals surface area contributed by atoms with E-state index in [0.717, 1.165) is 25.9 Å². The molecule has 140 valence electrons. The molecule has 0 saturated heterocycles. The van der Waals surface area contributed by atoms with Crippen molar-refractivity contribution in [2.24, 2.45) is 0 Å². The molecule has 4 rings (SSSR count). The Kier molecular flexibility index (Phi) is 5.33. The van der Waals surface area contributed by atoms with Crippen LogP contribution in [-0.4, -0.2) is 5.91 Å². The maximum Gasteiger partial charge on any atom is 0.275 e. The fourth-order valence-corrected chi connectivity index (χ4v) is 3.66. The van der Waals surface area contributed by atoms with Gasteiger partial charge in [0, 0.05) is 20.3 Å². The standard InChI is InChI=1S/C22H15Br2FN2O/c23-15-3-9-18(10-4-15)26-20-13-21(14-1-7-17(25)8-2-14)27(22(20)28)19-11-5-16(24)6-12-19/h1-13,21,26H/t21-/m1/s1. The monoisotopic (exact) mass is 500 g/mol. The number of benzene rings is 3. The number of halogens is 3. The van der Waals surface area contributed by atoms with Crippen molar-refractivity contribution < 1.29 is 9.18 Å². The molecular weight excluding hydrogens is 487 g/mol. The van der Waals surface area contributed by atoms with E-state index < -0.39 is 0 Å². The smallest absolute Gasteiger partial charge is 0.275 e. The van der Waals surface area contributed by atoms with Gasteiger partial charge in [-0.2, -0.15) is 0 Å². The average Bonchev–Trinajstić information content (AvgIpc) is 3.01. The lowest BCUT2D eigenvalue weighted by Crippen LogP contribution is -2.30. The summed E-state index contributed by atoms with van der Waals surface area (Å²) in [5.41, 5.74) is 2.91. The van der Waals surface area contributed by atoms with Crippen molar-refractivity contribution in [3.63, 3.8) is 0 Å². The molecule has 0 saturated carbocycles. The number of carbonyl (C=O) groups is 1. The van der Waals surface area contributed by atoms with Crippen molar-refractivity contribution in [1.29, 1.82) is 0 Å². The topological polar surface area (TPSA) is 32.3 Å². The predicted octanol–water partition coefficient (Wildman–Crippen LogP) is 6.43. The third-order valence-corrected chi connectivity index (χ3v) is 5.55. The van der Waals surface area contributed by atoms with Crippen LogP contribution in [0, 0.1) is 5.82 Å². The fourth-order valence-electron chi connectivity index (χ4n) is 3.13. The van der Waals surface area contributed by atoms with Crippen LogP contribution in [0.3, 0.4) is 0 Å². The molecule has 0 radical (unpaired) electrons. The number of amides is 1. The second-order valence-electron chi connectivity index (χ2n) is 6.36. The highest BCUT2D eigenvalue weighted by atomic mass is 79.9. The van der Waals surface area contributed by atoms with E-state index >= 15 is 0 Å². The van der Waals surface area contributed by atoms with E-state index in [9.17, 15) is 9.18 Å². The molecule has 6 heteroatoms. The number of anilines is 2. The Balaban J connectivity index is 1.72. The molecule has 1 amide bonds. The second-order valence-corrected chi connectivity index (χ2v) is 8.19. The minimum atomic E-state index is -0.327. The zero-order chi connectivity index (χ0) is 19.7. The largest absolute Gasteiger partial charge is 0.351 e. The molecule has 0 unspecified atom stereocenters. The molecule has 1 aliphatic rings. The first-order chi connectivity index (χ1) is 13.5. The first kappa shape index (κ1) is 18.9. The van der Waals surface area contributed by atoms with Crippen LogP contribution in [0.5, 0.6) is 0 Å². The van der Waals surface area contributed by atoms with Gasteiger partial charge in [0.2, 0.25) is 0 Å². The summed E-state index contributed by atoms with van der Waals surface area (Å²) in [5.74, 6) is -0.444. The van der Waals surface area contributed by atoms with Crippen LogP contribution in [0.15, 0.2) is 93.5 Å². The maximum absolute atomic E-state index is 13.4. The van der Waals surface area contributed by atoms with Crippen LogP contribution in [0.1, 0.15) is 11.6 Å². The Labute approximate surface area is 179 Å². The van der Waals surface area contributed by atoms with Crippen LogP contribution in [0.4, 0.5) is 15.8 Å². The summed E-state index contributed by atoms with van der Waals surface area (Å²) in [5, 5.41) is 3.21. The van der Waals surface area contributed by atoms with Crippen molar-refractivity contribution >= 4 is 49.1 Å². The zero-order valence-electron chi connectivity index (χ0n) is 14.6. The van der Waals surface area contributed by atoms with Gasteiger partial charge < -0.3 is 5.32 Å². The molecule has 0 bridgehead atoms. The van der Waals surface area contributed by atoms with Crippen LogP contribution in [-0.2, 0) is 4.79 Å². The van der Waals surface area contributed by atoms with Gasteiger partial charge in [-0.25, -0.2) is 4.39 Å². The molecule has 3 aromatic rings. The molecule has 28 heavy (non-hydrogen) atoms. The van der Waals surface area contributed by atoms with Crippen molar-refractivity contribution in [3.8, 4) is 0 Å². The molecular formula is C22H15Br2FN2O. The Morgan fingerprint density at radius 1 is 0.821 bits per heavy atom. The maximum atomic E-state index is 13.4. The lowest BCUT2D eigenvalue weighted by atomic mass is 10.1. The lowest BCUT2D eigenvalue weighted by molar-refractivity contribution is -0.114. The van der Waals surface area contributed by atoms with E-state index in [1.165, 1.54) is 12.1 Å². The van der Waals surface area contributed by atoms with Crippen LogP contribution >= 0.6 is 31.9 Å². The third kappa shape index (κ3) is 3.88. The minimum absolute atomic E-state index is 0.139. The quantitative estimate of drug-likeness (QED) is 0.446. The molecule has 0 aromatic heterocycles. The summed E-state index contributed by atoms with van der Waals surface area (Å²) < 4.78 is 15.3. The van der Waals surface area contributed by atoms with Crippen LogP contribution in [0.25, 0.3) is 0 Å². The van der Waals surface area contributed by atoms with Gasteiger partial charge in [-0.3, -0.25) is 9.69 Å². The molecule has 1 aliphatic heterocycles. The highest BCUT2D eigenvalue weighted by Gasteiger charge is 2.34. The first-order valence-electron chi connectivity index (χ1n) is 8.60. The van der Waals surface area contributed by atoms with Gasteiger partial charge >= 0.3 is 0 Å². The van der Waals surface area contributed by atoms with Crippen LogP contribution in [0.2, 0.25) is 0 Å². The van der Waals surface area contributed by atoms with Gasteiger partial charge in [-0.05, 0) is 72.3 Å². The number of rotatable bonds is 4. The van der Waals surface area contributed by atoms with E-state index in [0.29, 0.717) is 5.70 Å². The minimum Gasteiger partial charge on any atom is -0.351 e. The molecule has 0 fully saturated rings. The zero-order valence-corrected chi connectivity index (χ0v) is 17.7. The molecule has 0 spiro atoms. The SMILES string of the molecule is O=C1C(Nc2ccc(Br)cc2)=C[C@H](c2ccc(F)cc2)N1c1ccc(Br)cc1. The summed E-state index contributed by atoms with van der Waals surface area (Å²) in [6.45, 7) is 0. The van der Waals surface area contributed by atoms with E-state index in [-0.39, 0.29) is 17.8 Å². The summed E-state index contributed by atoms with van der Waals surface area (Å²) in [6, 6.07) is 21.1. The number of nitrogens with one attached hydrogen (secondary N) is 1. The van der Waals surface area contributed by atoms with E-state index in [1.807, 2.05) is 54.6 Å². The average molecular weight is 502 g/mol. The number of nitrogens with zero attached hydrogens (tertiary/aromatic N) is 1. The molecule has 3 nitrogen and oxygen atoms in total. The highest BCUT2D eigenvalue weighted by Crippen LogP contribution is 2.36. The van der Waals surface area contributed by atoms with Crippen molar-refractivity contribution in [1.82, 2.24) is 0 Å². The number of hydrogen-bond donors (Lipinski definition) is 1. The van der Waals surface area contributed by atoms with Gasteiger partial charge in [0.05, 0.1) is 6.04 Å². The Morgan fingerprint density at radius 2 is 1.39 bits per heavy atom. The Hall–Kier alpha value is -2.44. The molecule has 1 heterocycles. The van der Waals surface area contributed by atoms with Gasteiger partial charge in [0.15, 0.2) is 0 Å². The van der Waals surface area contributed by atoms with Crippen molar-refractivity contribution in [2.75, 3.05) is 10.2 Å². The lowest BCUT2D eigenvalue weighted by Gasteiger charge is -2.25. The highest BCUT2D eigenvalue weighted by molar-refractivity contribution is 9.10. The molecule has 3 aromatic carbocycles. The summed E-state index contributed by atoms with van der Waals surface area (Å²) >= 11 is 6.83. The number of hydrogen-bond acceptors (Lipinski definition) is 2. The van der Waals surface area contributed by atoms with E-state index in [4.69, 9.17) is 0 Å². The van der Waals surface area contributed by atoms with Gasteiger partial charge in [0.25, 0.3) is 5.91 Å². The predicted molar refractivity (Wildman–Crippen MR) is 117 cm³/mol. The summed E-state index contributed by atoms with van der Waals surface area (Å²) in [7, 11) is 0. The van der Waals surface area contributed by atoms with Crippen molar-refractivity contribution in [2.45, 2.75) is 6.04 Å². The fraction of sp³-hybridized carbons (Fsp3) is 0.0455. The number of carbonyl (C=O) groups excluding carboxylic acids is 1. The second kappa shape index (κ2) is 7.89. The third-order valence-electron chi connectivity index (χ3n) is 4.49. The van der Waals surface area contributed by atoms with E-state index in [2.05, 4.69) is 37.2 Å². The summed E-state index contributed by atoms with van der Waals surface area (Å²) in [4.78, 5) is 14.9. The van der Waals surface area contributed by atoms with Crippen molar-refractivity contribution in [3.05, 3.63) is 105 Å². The summed E-state index contributed by atoms with van der Waals surface area (Å²) in [6.07, 6.45) is 1.87. The first-order valence-corrected chi connectivity index (χ1v) is 10.2. The molecule has 1 N–H and O–H groups in total. The Morgan fingerprint density at radius 3 is 2.00 bits per heavy atom. The molecule has 0 aliphatic carbocycles. The normalized spacial score (nSPS) is 16.2. The van der Waals surface area contributed by atoms with Gasteiger partial charge in [-0.1, -0.05) is 44.0 Å². The van der Waals surface area contributed by atoms with Crippen LogP contribution < -0.4 is 10.2 Å². The Bertz CT molecular complexity index is 1030. The molecule has 1 atom stereocenters. The van der Waals surface area contributed by atoms with Gasteiger partial charge in [0.1, 0.15) is 11.5 Å². The van der Waals surface area contributed by atoms with E-state index in [1.54, 1.807) is 17.0 Å². The van der Waals surface area contributed by atoms with Gasteiger partial charge in [-0.15, -0.1) is 0 Å².